The first kappa shape index (κ1) is 15.1. The lowest BCUT2D eigenvalue weighted by atomic mass is 10.1. The van der Waals surface area contributed by atoms with Crippen LogP contribution in [0.1, 0.15) is 31.2 Å². The van der Waals surface area contributed by atoms with Crippen LogP contribution < -0.4 is 4.73 Å². The van der Waals surface area contributed by atoms with Gasteiger partial charge in [0, 0.05) is 12.6 Å². The summed E-state index contributed by atoms with van der Waals surface area (Å²) in [6, 6.07) is 3.34. The van der Waals surface area contributed by atoms with Crippen molar-refractivity contribution in [2.45, 2.75) is 25.7 Å². The molecular formula is C14H20ClN3O2. The predicted octanol–water partition coefficient (Wildman–Crippen LogP) is 2.11. The van der Waals surface area contributed by atoms with E-state index in [-0.39, 0.29) is 5.17 Å². The van der Waals surface area contributed by atoms with Gasteiger partial charge in [-0.2, -0.15) is 4.73 Å². The molecule has 1 aromatic heterocycles. The van der Waals surface area contributed by atoms with Crippen LogP contribution in [0.5, 0.6) is 0 Å². The minimum absolute atomic E-state index is 0.202. The molecule has 20 heavy (non-hydrogen) atoms. The van der Waals surface area contributed by atoms with Crippen molar-refractivity contribution in [1.29, 1.82) is 0 Å². The van der Waals surface area contributed by atoms with E-state index in [2.05, 4.69) is 10.1 Å². The Morgan fingerprint density at radius 1 is 1.40 bits per heavy atom. The van der Waals surface area contributed by atoms with Crippen molar-refractivity contribution in [2.24, 2.45) is 5.16 Å². The van der Waals surface area contributed by atoms with Gasteiger partial charge >= 0.3 is 0 Å². The molecule has 2 rings (SSSR count). The lowest BCUT2D eigenvalue weighted by Crippen LogP contribution is -2.31. The van der Waals surface area contributed by atoms with Gasteiger partial charge in [-0.3, -0.25) is 0 Å². The van der Waals surface area contributed by atoms with Crippen LogP contribution in [-0.4, -0.2) is 36.3 Å². The molecule has 0 saturated carbocycles. The van der Waals surface area contributed by atoms with Crippen molar-refractivity contribution in [2.75, 3.05) is 26.2 Å². The van der Waals surface area contributed by atoms with Gasteiger partial charge in [0.15, 0.2) is 17.6 Å². The van der Waals surface area contributed by atoms with E-state index in [1.54, 1.807) is 12.1 Å². The molecule has 0 atom stereocenters. The fourth-order valence-electron chi connectivity index (χ4n) is 2.27. The third-order valence-corrected chi connectivity index (χ3v) is 3.60. The molecule has 0 bridgehead atoms. The van der Waals surface area contributed by atoms with Gasteiger partial charge in [-0.05, 0) is 38.4 Å². The van der Waals surface area contributed by atoms with Gasteiger partial charge in [-0.1, -0.05) is 23.2 Å². The summed E-state index contributed by atoms with van der Waals surface area (Å²) in [5.41, 5.74) is 0.556. The summed E-state index contributed by atoms with van der Waals surface area (Å²) in [4.78, 5) is 7.65. The summed E-state index contributed by atoms with van der Waals surface area (Å²) >= 11 is 5.97. The van der Waals surface area contributed by atoms with Gasteiger partial charge in [0.2, 0.25) is 0 Å². The number of hydrogen-bond acceptors (Lipinski definition) is 4. The summed E-state index contributed by atoms with van der Waals surface area (Å²) in [6.07, 6.45) is 7.64. The second-order valence-corrected chi connectivity index (χ2v) is 5.28. The van der Waals surface area contributed by atoms with E-state index in [0.29, 0.717) is 16.9 Å². The van der Waals surface area contributed by atoms with Crippen LogP contribution in [0.15, 0.2) is 29.7 Å². The first-order chi connectivity index (χ1) is 9.75. The standard InChI is InChI=1S/C14H20ClN3O2/c15-14(13-6-4-10-18(19)12-13)16-20-11-5-9-17-7-2-1-3-8-17/h4,6,10,12H,1-3,5,7-9,11H2. The average Bonchev–Trinajstić information content (AvgIpc) is 2.48. The fraction of sp³-hybridized carbons (Fsp3) is 0.571. The average molecular weight is 298 g/mol. The van der Waals surface area contributed by atoms with E-state index in [4.69, 9.17) is 16.4 Å². The zero-order valence-electron chi connectivity index (χ0n) is 11.5. The Bertz CT molecular complexity index is 448. The maximum absolute atomic E-state index is 11.1. The number of rotatable bonds is 6. The highest BCUT2D eigenvalue weighted by molar-refractivity contribution is 6.69. The highest BCUT2D eigenvalue weighted by Gasteiger charge is 2.09. The molecule has 1 aliphatic rings. The SMILES string of the molecule is [O-][n+]1cccc(C(Cl)=NOCCCN2CCCCC2)c1. The lowest BCUT2D eigenvalue weighted by Gasteiger charge is -2.25. The van der Waals surface area contributed by atoms with Crippen LogP contribution in [0.3, 0.4) is 0 Å². The summed E-state index contributed by atoms with van der Waals surface area (Å²) in [7, 11) is 0. The number of piperidine rings is 1. The molecule has 1 fully saturated rings. The molecular weight excluding hydrogens is 278 g/mol. The first-order valence-corrected chi connectivity index (χ1v) is 7.40. The quantitative estimate of drug-likeness (QED) is 0.266. The Morgan fingerprint density at radius 3 is 2.95 bits per heavy atom. The molecule has 0 unspecified atom stereocenters. The molecule has 0 spiro atoms. The Morgan fingerprint density at radius 2 is 2.20 bits per heavy atom. The van der Waals surface area contributed by atoms with E-state index in [0.717, 1.165) is 13.0 Å². The van der Waals surface area contributed by atoms with Crippen LogP contribution in [-0.2, 0) is 4.84 Å². The van der Waals surface area contributed by atoms with Crippen molar-refractivity contribution in [3.05, 3.63) is 35.3 Å². The normalized spacial score (nSPS) is 17.1. The van der Waals surface area contributed by atoms with Gasteiger partial charge in [-0.15, -0.1) is 0 Å². The Labute approximate surface area is 124 Å². The van der Waals surface area contributed by atoms with Crippen LogP contribution in [0.25, 0.3) is 0 Å². The molecule has 0 aromatic carbocycles. The molecule has 6 heteroatoms. The second kappa shape index (κ2) is 8.07. The van der Waals surface area contributed by atoms with Crippen LogP contribution in [0.4, 0.5) is 0 Å². The largest absolute Gasteiger partial charge is 0.619 e. The van der Waals surface area contributed by atoms with Crippen molar-refractivity contribution >= 4 is 16.8 Å². The molecule has 1 aromatic rings. The topological polar surface area (TPSA) is 51.8 Å². The first-order valence-electron chi connectivity index (χ1n) is 7.03. The van der Waals surface area contributed by atoms with Crippen LogP contribution in [0, 0.1) is 5.21 Å². The van der Waals surface area contributed by atoms with Gasteiger partial charge in [-0.25, -0.2) is 0 Å². The van der Waals surface area contributed by atoms with Crippen LogP contribution in [0.2, 0.25) is 0 Å². The molecule has 0 N–H and O–H groups in total. The van der Waals surface area contributed by atoms with Crippen molar-refractivity contribution in [3.8, 4) is 0 Å². The Balaban J connectivity index is 1.67. The van der Waals surface area contributed by atoms with Gasteiger partial charge < -0.3 is 14.9 Å². The molecule has 0 radical (unpaired) electrons. The number of aromatic nitrogens is 1. The summed E-state index contributed by atoms with van der Waals surface area (Å²) in [5, 5.41) is 15.1. The smallest absolute Gasteiger partial charge is 0.190 e. The molecule has 1 aliphatic heterocycles. The van der Waals surface area contributed by atoms with Gasteiger partial charge in [0.25, 0.3) is 0 Å². The molecule has 0 aliphatic carbocycles. The molecule has 110 valence electrons. The van der Waals surface area contributed by atoms with Crippen molar-refractivity contribution < 1.29 is 9.57 Å². The van der Waals surface area contributed by atoms with E-state index in [1.165, 1.54) is 44.7 Å². The van der Waals surface area contributed by atoms with E-state index >= 15 is 0 Å². The molecule has 1 saturated heterocycles. The monoisotopic (exact) mass is 297 g/mol. The highest BCUT2D eigenvalue weighted by Crippen LogP contribution is 2.09. The maximum Gasteiger partial charge on any atom is 0.190 e. The number of pyridine rings is 1. The predicted molar refractivity (Wildman–Crippen MR) is 78.7 cm³/mol. The van der Waals surface area contributed by atoms with Crippen molar-refractivity contribution in [1.82, 2.24) is 4.90 Å². The lowest BCUT2D eigenvalue weighted by molar-refractivity contribution is -0.605. The highest BCUT2D eigenvalue weighted by atomic mass is 35.5. The second-order valence-electron chi connectivity index (χ2n) is 4.92. The fourth-order valence-corrected chi connectivity index (χ4v) is 2.43. The van der Waals surface area contributed by atoms with E-state index < -0.39 is 0 Å². The molecule has 2 heterocycles. The zero-order valence-corrected chi connectivity index (χ0v) is 12.3. The summed E-state index contributed by atoms with van der Waals surface area (Å²) in [6.45, 7) is 3.96. The minimum Gasteiger partial charge on any atom is -0.619 e. The Hall–Kier alpha value is -1.33. The van der Waals surface area contributed by atoms with Crippen molar-refractivity contribution in [3.63, 3.8) is 0 Å². The summed E-state index contributed by atoms with van der Waals surface area (Å²) < 4.78 is 0.684. The van der Waals surface area contributed by atoms with Gasteiger partial charge in [0.05, 0.1) is 5.56 Å². The number of oxime groups is 1. The van der Waals surface area contributed by atoms with Crippen LogP contribution >= 0.6 is 11.6 Å². The van der Waals surface area contributed by atoms with E-state index in [1.807, 2.05) is 0 Å². The third-order valence-electron chi connectivity index (χ3n) is 3.32. The van der Waals surface area contributed by atoms with E-state index in [9.17, 15) is 5.21 Å². The zero-order chi connectivity index (χ0) is 14.2. The molecule has 0 amide bonds. The summed E-state index contributed by atoms with van der Waals surface area (Å²) in [5.74, 6) is 0. The minimum atomic E-state index is 0.202. The number of halogens is 1. The molecule has 5 nitrogen and oxygen atoms in total. The number of likely N-dealkylation sites (tertiary alicyclic amines) is 1. The Kier molecular flexibility index (Phi) is 6.08. The number of hydrogen-bond donors (Lipinski definition) is 0. The van der Waals surface area contributed by atoms with Gasteiger partial charge in [0.1, 0.15) is 6.61 Å². The number of nitrogens with zero attached hydrogens (tertiary/aromatic N) is 3. The maximum atomic E-state index is 11.1. The third kappa shape index (κ3) is 4.98.